The molecule has 3 aromatic carbocycles. The standard InChI is InChI=1S/C32H38N2O2/c1-34(21-23-10-11-23)17-16-32(27-8-5-9-30(19-27)36-2)20-29(15-14-28(32)22-34)33-31(35)26-13-12-24-6-3-4-7-25(24)18-26/h3-9,12-13,18-19,23,28-29H,10-11,14-17,20-22H2,1-2H3/p+1/t28?,29-,32+,34-/m1/s1. The number of methoxy groups -OCH3 is 1. The molecule has 3 aromatic rings. The first-order valence-electron chi connectivity index (χ1n) is 13.7. The third kappa shape index (κ3) is 4.52. The van der Waals surface area contributed by atoms with Gasteiger partial charge in [0.15, 0.2) is 0 Å². The minimum Gasteiger partial charge on any atom is -0.497 e. The Morgan fingerprint density at radius 2 is 1.83 bits per heavy atom. The lowest BCUT2D eigenvalue weighted by atomic mass is 9.57. The summed E-state index contributed by atoms with van der Waals surface area (Å²) in [4.78, 5) is 13.4. The highest BCUT2D eigenvalue weighted by molar-refractivity contribution is 5.98. The summed E-state index contributed by atoms with van der Waals surface area (Å²) < 4.78 is 6.85. The van der Waals surface area contributed by atoms with E-state index in [2.05, 4.69) is 48.8 Å². The molecule has 1 N–H and O–H groups in total. The number of nitrogens with one attached hydrogen (secondary N) is 1. The van der Waals surface area contributed by atoms with Gasteiger partial charge < -0.3 is 14.5 Å². The van der Waals surface area contributed by atoms with Gasteiger partial charge in [-0.15, -0.1) is 0 Å². The second-order valence-electron chi connectivity index (χ2n) is 12.0. The first kappa shape index (κ1) is 23.5. The second-order valence-corrected chi connectivity index (χ2v) is 12.0. The number of rotatable bonds is 6. The molecule has 1 aliphatic heterocycles. The number of quaternary nitrogens is 1. The van der Waals surface area contributed by atoms with E-state index in [0.717, 1.165) is 35.5 Å². The smallest absolute Gasteiger partial charge is 0.251 e. The topological polar surface area (TPSA) is 38.3 Å². The lowest BCUT2D eigenvalue weighted by Crippen LogP contribution is -2.62. The van der Waals surface area contributed by atoms with E-state index in [1.165, 1.54) is 60.8 Å². The average molecular weight is 484 g/mol. The molecular weight excluding hydrogens is 444 g/mol. The van der Waals surface area contributed by atoms with E-state index in [-0.39, 0.29) is 17.4 Å². The van der Waals surface area contributed by atoms with Crippen molar-refractivity contribution in [2.45, 2.75) is 50.0 Å². The van der Waals surface area contributed by atoms with Crippen LogP contribution in [0.4, 0.5) is 0 Å². The van der Waals surface area contributed by atoms with Crippen LogP contribution in [-0.4, -0.2) is 50.2 Å². The van der Waals surface area contributed by atoms with Crippen LogP contribution in [0.1, 0.15) is 54.4 Å². The van der Waals surface area contributed by atoms with E-state index in [0.29, 0.717) is 5.92 Å². The van der Waals surface area contributed by atoms with E-state index < -0.39 is 0 Å². The largest absolute Gasteiger partial charge is 0.497 e. The summed E-state index contributed by atoms with van der Waals surface area (Å²) in [7, 11) is 4.24. The van der Waals surface area contributed by atoms with Gasteiger partial charge in [-0.05, 0) is 72.7 Å². The highest BCUT2D eigenvalue weighted by atomic mass is 16.5. The number of benzene rings is 3. The fourth-order valence-corrected chi connectivity index (χ4v) is 7.29. The van der Waals surface area contributed by atoms with Gasteiger partial charge in [-0.3, -0.25) is 4.79 Å². The normalized spacial score (nSPS) is 29.9. The minimum atomic E-state index is 0.0511. The number of nitrogens with zero attached hydrogens (tertiary/aromatic N) is 1. The Hall–Kier alpha value is -2.85. The molecule has 4 nitrogen and oxygen atoms in total. The van der Waals surface area contributed by atoms with Crippen LogP contribution in [0, 0.1) is 11.8 Å². The van der Waals surface area contributed by atoms with Crippen molar-refractivity contribution < 1.29 is 14.0 Å². The molecule has 3 fully saturated rings. The Balaban J connectivity index is 1.26. The molecular formula is C32H39N2O2+. The molecule has 1 heterocycles. The maximum absolute atomic E-state index is 13.4. The van der Waals surface area contributed by atoms with Crippen molar-refractivity contribution in [2.24, 2.45) is 11.8 Å². The van der Waals surface area contributed by atoms with Crippen LogP contribution < -0.4 is 10.1 Å². The fourth-order valence-electron chi connectivity index (χ4n) is 7.29. The lowest BCUT2D eigenvalue weighted by Gasteiger charge is -2.55. The summed E-state index contributed by atoms with van der Waals surface area (Å²) in [5.74, 6) is 2.56. The summed E-state index contributed by atoms with van der Waals surface area (Å²) in [6.45, 7) is 3.81. The highest BCUT2D eigenvalue weighted by Crippen LogP contribution is 2.51. The van der Waals surface area contributed by atoms with Crippen molar-refractivity contribution in [3.05, 3.63) is 77.9 Å². The van der Waals surface area contributed by atoms with Crippen LogP contribution in [0.3, 0.4) is 0 Å². The third-order valence-corrected chi connectivity index (χ3v) is 9.40. The Kier molecular flexibility index (Phi) is 6.03. The second kappa shape index (κ2) is 9.23. The van der Waals surface area contributed by atoms with Crippen molar-refractivity contribution >= 4 is 16.7 Å². The van der Waals surface area contributed by atoms with Gasteiger partial charge in [0.05, 0.1) is 33.8 Å². The number of carbonyl (C=O) groups is 1. The highest BCUT2D eigenvalue weighted by Gasteiger charge is 2.53. The number of piperidine rings is 1. The Morgan fingerprint density at radius 3 is 2.64 bits per heavy atom. The van der Waals surface area contributed by atoms with Crippen LogP contribution in [0.2, 0.25) is 0 Å². The summed E-state index contributed by atoms with van der Waals surface area (Å²) in [6.07, 6.45) is 7.24. The number of amides is 1. The number of hydrogen-bond acceptors (Lipinski definition) is 2. The molecule has 188 valence electrons. The average Bonchev–Trinajstić information content (AvgIpc) is 3.72. The predicted molar refractivity (Wildman–Crippen MR) is 145 cm³/mol. The molecule has 2 saturated carbocycles. The lowest BCUT2D eigenvalue weighted by molar-refractivity contribution is -0.921. The number of likely N-dealkylation sites (tertiary alicyclic amines) is 1. The fraction of sp³-hybridized carbons (Fsp3) is 0.469. The van der Waals surface area contributed by atoms with Crippen molar-refractivity contribution in [1.29, 1.82) is 0 Å². The van der Waals surface area contributed by atoms with E-state index in [1.54, 1.807) is 7.11 Å². The van der Waals surface area contributed by atoms with Crippen molar-refractivity contribution in [2.75, 3.05) is 33.8 Å². The first-order valence-corrected chi connectivity index (χ1v) is 13.7. The number of ether oxygens (including phenoxy) is 1. The van der Waals surface area contributed by atoms with Crippen molar-refractivity contribution in [1.82, 2.24) is 5.32 Å². The van der Waals surface area contributed by atoms with Gasteiger partial charge in [-0.2, -0.15) is 0 Å². The van der Waals surface area contributed by atoms with Gasteiger partial charge >= 0.3 is 0 Å². The molecule has 1 unspecified atom stereocenters. The Morgan fingerprint density at radius 1 is 1.00 bits per heavy atom. The monoisotopic (exact) mass is 483 g/mol. The molecule has 0 radical (unpaired) electrons. The summed E-state index contributed by atoms with van der Waals surface area (Å²) >= 11 is 0. The SMILES string of the molecule is COc1cccc([C@@]23CC[N@+](C)(CC4CC4)CC2CC[C@@H](NC(=O)c2ccc4ccccc4c2)C3)c1. The van der Waals surface area contributed by atoms with Gasteiger partial charge in [0.1, 0.15) is 5.75 Å². The molecule has 6 rings (SSSR count). The van der Waals surface area contributed by atoms with Crippen molar-refractivity contribution in [3.63, 3.8) is 0 Å². The van der Waals surface area contributed by atoms with E-state index in [9.17, 15) is 4.79 Å². The molecule has 1 amide bonds. The van der Waals surface area contributed by atoms with Crippen molar-refractivity contribution in [3.8, 4) is 5.75 Å². The zero-order valence-corrected chi connectivity index (χ0v) is 21.7. The van der Waals surface area contributed by atoms with Crippen LogP contribution in [0.5, 0.6) is 5.75 Å². The quantitative estimate of drug-likeness (QED) is 0.440. The summed E-state index contributed by atoms with van der Waals surface area (Å²) in [6, 6.07) is 23.2. The molecule has 0 aromatic heterocycles. The van der Waals surface area contributed by atoms with E-state index in [1.807, 2.05) is 30.3 Å². The Bertz CT molecular complexity index is 1270. The van der Waals surface area contributed by atoms with Gasteiger partial charge in [0.2, 0.25) is 0 Å². The zero-order valence-electron chi connectivity index (χ0n) is 21.7. The molecule has 4 atom stereocenters. The molecule has 4 heteroatoms. The van der Waals surface area contributed by atoms with Gasteiger partial charge in [-0.25, -0.2) is 0 Å². The minimum absolute atomic E-state index is 0.0511. The maximum atomic E-state index is 13.4. The number of fused-ring (bicyclic) bond motifs is 2. The molecule has 2 aliphatic carbocycles. The molecule has 1 saturated heterocycles. The zero-order chi connectivity index (χ0) is 24.8. The Labute approximate surface area is 215 Å². The molecule has 0 spiro atoms. The molecule has 3 aliphatic rings. The van der Waals surface area contributed by atoms with Gasteiger partial charge in [0, 0.05) is 35.3 Å². The predicted octanol–water partition coefficient (Wildman–Crippen LogP) is 5.95. The number of hydrogen-bond donors (Lipinski definition) is 1. The maximum Gasteiger partial charge on any atom is 0.251 e. The van der Waals surface area contributed by atoms with Crippen LogP contribution in [0.15, 0.2) is 66.7 Å². The molecule has 0 bridgehead atoms. The molecule has 36 heavy (non-hydrogen) atoms. The van der Waals surface area contributed by atoms with Gasteiger partial charge in [-0.1, -0.05) is 42.5 Å². The third-order valence-electron chi connectivity index (χ3n) is 9.40. The van der Waals surface area contributed by atoms with Crippen LogP contribution >= 0.6 is 0 Å². The van der Waals surface area contributed by atoms with Gasteiger partial charge in [0.25, 0.3) is 5.91 Å². The summed E-state index contributed by atoms with van der Waals surface area (Å²) in [5, 5.41) is 5.72. The van der Waals surface area contributed by atoms with E-state index >= 15 is 0 Å². The van der Waals surface area contributed by atoms with Crippen LogP contribution in [-0.2, 0) is 5.41 Å². The summed E-state index contributed by atoms with van der Waals surface area (Å²) in [5.41, 5.74) is 2.24. The first-order chi connectivity index (χ1) is 17.5. The number of carbonyl (C=O) groups excluding carboxylic acids is 1. The van der Waals surface area contributed by atoms with E-state index in [4.69, 9.17) is 4.74 Å². The van der Waals surface area contributed by atoms with Crippen LogP contribution in [0.25, 0.3) is 10.8 Å².